The molecule has 5 nitrogen and oxygen atoms in total. The van der Waals surface area contributed by atoms with Crippen LogP contribution in [0.25, 0.3) is 0 Å². The van der Waals surface area contributed by atoms with Crippen LogP contribution in [0.5, 0.6) is 11.5 Å². The Morgan fingerprint density at radius 1 is 1.25 bits per heavy atom. The van der Waals surface area contributed by atoms with Gasteiger partial charge in [0.1, 0.15) is 24.7 Å². The largest absolute Gasteiger partial charge is 0.623 e. The van der Waals surface area contributed by atoms with Gasteiger partial charge in [0, 0.05) is 11.6 Å². The standard InChI is InChI=1S/C19H21NO4/c1-3-11-24-19-12-17(23-2)10-9-16(19)13-20(22)18(14-21)15-7-5-4-6-8-15/h3-10,12-13,18,21H,1,11,14H2,2H3/b20-13-/t18-/m0/s1. The summed E-state index contributed by atoms with van der Waals surface area (Å²) in [4.78, 5) is 0. The lowest BCUT2D eigenvalue weighted by Crippen LogP contribution is -2.18. The van der Waals surface area contributed by atoms with E-state index in [9.17, 15) is 10.3 Å². The number of methoxy groups -OCH3 is 1. The summed E-state index contributed by atoms with van der Waals surface area (Å²) in [5.74, 6) is 1.14. The molecule has 5 heteroatoms. The van der Waals surface area contributed by atoms with Crippen LogP contribution < -0.4 is 9.47 Å². The highest BCUT2D eigenvalue weighted by Crippen LogP contribution is 2.24. The van der Waals surface area contributed by atoms with Crippen molar-refractivity contribution in [3.8, 4) is 11.5 Å². The minimum Gasteiger partial charge on any atom is -0.623 e. The predicted octanol–water partition coefficient (Wildman–Crippen LogP) is 2.92. The van der Waals surface area contributed by atoms with Gasteiger partial charge in [-0.1, -0.05) is 43.0 Å². The van der Waals surface area contributed by atoms with Crippen LogP contribution >= 0.6 is 0 Å². The maximum absolute atomic E-state index is 12.5. The highest BCUT2D eigenvalue weighted by atomic mass is 16.5. The van der Waals surface area contributed by atoms with Gasteiger partial charge < -0.3 is 19.8 Å². The molecule has 0 saturated carbocycles. The fourth-order valence-electron chi connectivity index (χ4n) is 2.26. The van der Waals surface area contributed by atoms with Crippen LogP contribution in [0, 0.1) is 5.21 Å². The van der Waals surface area contributed by atoms with Crippen molar-refractivity contribution in [3.05, 3.63) is 77.5 Å². The van der Waals surface area contributed by atoms with Crippen LogP contribution in [0.4, 0.5) is 0 Å². The second kappa shape index (κ2) is 8.74. The summed E-state index contributed by atoms with van der Waals surface area (Å²) in [5.41, 5.74) is 1.34. The number of aliphatic hydroxyl groups is 1. The molecule has 0 radical (unpaired) electrons. The zero-order valence-electron chi connectivity index (χ0n) is 13.6. The maximum Gasteiger partial charge on any atom is 0.211 e. The first-order valence-corrected chi connectivity index (χ1v) is 7.57. The Balaban J connectivity index is 2.35. The number of benzene rings is 2. The van der Waals surface area contributed by atoms with Gasteiger partial charge in [-0.25, -0.2) is 4.74 Å². The van der Waals surface area contributed by atoms with Gasteiger partial charge in [-0.05, 0) is 12.1 Å². The van der Waals surface area contributed by atoms with Crippen molar-refractivity contribution in [1.82, 2.24) is 0 Å². The Morgan fingerprint density at radius 2 is 2.00 bits per heavy atom. The minimum atomic E-state index is -0.680. The molecule has 2 rings (SSSR count). The van der Waals surface area contributed by atoms with Crippen molar-refractivity contribution in [2.24, 2.45) is 0 Å². The second-order valence-electron chi connectivity index (χ2n) is 5.10. The number of ether oxygens (including phenoxy) is 2. The fraction of sp³-hybridized carbons (Fsp3) is 0.211. The van der Waals surface area contributed by atoms with E-state index in [1.165, 1.54) is 6.21 Å². The van der Waals surface area contributed by atoms with Crippen LogP contribution in [0.2, 0.25) is 0 Å². The summed E-state index contributed by atoms with van der Waals surface area (Å²) in [7, 11) is 1.56. The zero-order chi connectivity index (χ0) is 17.4. The Kier molecular flexibility index (Phi) is 6.40. The van der Waals surface area contributed by atoms with Crippen LogP contribution in [0.3, 0.4) is 0 Å². The molecule has 0 aromatic heterocycles. The van der Waals surface area contributed by atoms with Crippen molar-refractivity contribution in [3.63, 3.8) is 0 Å². The second-order valence-corrected chi connectivity index (χ2v) is 5.10. The normalized spacial score (nSPS) is 12.5. The highest BCUT2D eigenvalue weighted by molar-refractivity contribution is 5.80. The number of rotatable bonds is 8. The van der Waals surface area contributed by atoms with Gasteiger partial charge >= 0.3 is 0 Å². The first-order chi connectivity index (χ1) is 11.7. The van der Waals surface area contributed by atoms with E-state index in [0.29, 0.717) is 23.7 Å². The van der Waals surface area contributed by atoms with Gasteiger partial charge in [0.05, 0.1) is 12.7 Å². The van der Waals surface area contributed by atoms with Gasteiger partial charge in [0.25, 0.3) is 0 Å². The van der Waals surface area contributed by atoms with Crippen molar-refractivity contribution in [2.45, 2.75) is 6.04 Å². The van der Waals surface area contributed by atoms with Gasteiger partial charge in [0.2, 0.25) is 6.04 Å². The third kappa shape index (κ3) is 4.36. The van der Waals surface area contributed by atoms with Gasteiger partial charge in [-0.15, -0.1) is 0 Å². The van der Waals surface area contributed by atoms with E-state index in [2.05, 4.69) is 6.58 Å². The molecule has 0 saturated heterocycles. The highest BCUT2D eigenvalue weighted by Gasteiger charge is 2.18. The summed E-state index contributed by atoms with van der Waals surface area (Å²) < 4.78 is 11.5. The SMILES string of the molecule is C=CCOc1cc(OC)ccc1/C=[N+](\[O-])[C@@H](CO)c1ccccc1. The Bertz CT molecular complexity index is 698. The van der Waals surface area contributed by atoms with Crippen molar-refractivity contribution < 1.29 is 19.3 Å². The molecule has 0 aliphatic carbocycles. The molecular formula is C19H21NO4. The molecule has 0 heterocycles. The molecule has 0 bridgehead atoms. The van der Waals surface area contributed by atoms with Crippen LogP contribution in [-0.2, 0) is 0 Å². The van der Waals surface area contributed by atoms with E-state index in [-0.39, 0.29) is 6.61 Å². The lowest BCUT2D eigenvalue weighted by atomic mass is 10.1. The molecule has 126 valence electrons. The lowest BCUT2D eigenvalue weighted by molar-refractivity contribution is -0.506. The first-order valence-electron chi connectivity index (χ1n) is 7.57. The molecule has 0 aliphatic rings. The van der Waals surface area contributed by atoms with Crippen LogP contribution in [0.1, 0.15) is 17.2 Å². The molecule has 0 amide bonds. The molecule has 2 aromatic rings. The summed E-state index contributed by atoms with van der Waals surface area (Å²) in [5, 5.41) is 22.1. The molecule has 0 aliphatic heterocycles. The summed E-state index contributed by atoms with van der Waals surface area (Å²) in [6.45, 7) is 3.64. The first kappa shape index (κ1) is 17.6. The number of nitrogens with zero attached hydrogens (tertiary/aromatic N) is 1. The molecule has 24 heavy (non-hydrogen) atoms. The molecule has 0 unspecified atom stereocenters. The van der Waals surface area contributed by atoms with Gasteiger partial charge in [-0.2, -0.15) is 0 Å². The summed E-state index contributed by atoms with van der Waals surface area (Å²) in [6.07, 6.45) is 3.03. The van der Waals surface area contributed by atoms with Gasteiger partial charge in [0.15, 0.2) is 6.21 Å². The van der Waals surface area contributed by atoms with E-state index in [1.807, 2.05) is 30.3 Å². The van der Waals surface area contributed by atoms with Gasteiger partial charge in [-0.3, -0.25) is 0 Å². The average molecular weight is 327 g/mol. The Hall–Kier alpha value is -2.79. The Morgan fingerprint density at radius 3 is 2.62 bits per heavy atom. The fourth-order valence-corrected chi connectivity index (χ4v) is 2.26. The number of hydroxylamine groups is 1. The maximum atomic E-state index is 12.5. The van der Waals surface area contributed by atoms with E-state index < -0.39 is 6.04 Å². The zero-order valence-corrected chi connectivity index (χ0v) is 13.6. The predicted molar refractivity (Wildman–Crippen MR) is 93.7 cm³/mol. The minimum absolute atomic E-state index is 0.289. The number of hydrogen-bond acceptors (Lipinski definition) is 4. The third-order valence-corrected chi connectivity index (χ3v) is 3.51. The van der Waals surface area contributed by atoms with Crippen molar-refractivity contribution in [2.75, 3.05) is 20.3 Å². The quantitative estimate of drug-likeness (QED) is 0.266. The molecule has 0 fully saturated rings. The number of aliphatic hydroxyl groups excluding tert-OH is 1. The number of hydrogen-bond donors (Lipinski definition) is 1. The monoisotopic (exact) mass is 327 g/mol. The summed E-state index contributed by atoms with van der Waals surface area (Å²) in [6, 6.07) is 13.7. The molecule has 0 spiro atoms. The smallest absolute Gasteiger partial charge is 0.211 e. The summed E-state index contributed by atoms with van der Waals surface area (Å²) >= 11 is 0. The average Bonchev–Trinajstić information content (AvgIpc) is 2.62. The van der Waals surface area contributed by atoms with E-state index in [4.69, 9.17) is 9.47 Å². The van der Waals surface area contributed by atoms with Crippen molar-refractivity contribution >= 4 is 6.21 Å². The lowest BCUT2D eigenvalue weighted by Gasteiger charge is -2.16. The van der Waals surface area contributed by atoms with E-state index >= 15 is 0 Å². The van der Waals surface area contributed by atoms with E-state index in [1.54, 1.807) is 31.4 Å². The Labute approximate surface area is 141 Å². The van der Waals surface area contributed by atoms with Crippen LogP contribution in [0.15, 0.2) is 61.2 Å². The molecular weight excluding hydrogens is 306 g/mol. The van der Waals surface area contributed by atoms with Crippen molar-refractivity contribution in [1.29, 1.82) is 0 Å². The van der Waals surface area contributed by atoms with E-state index in [0.717, 1.165) is 10.3 Å². The molecule has 2 aromatic carbocycles. The molecule has 1 N–H and O–H groups in total. The third-order valence-electron chi connectivity index (χ3n) is 3.51. The topological polar surface area (TPSA) is 64.8 Å². The molecule has 1 atom stereocenters. The van der Waals surface area contributed by atoms with Crippen LogP contribution in [-0.4, -0.2) is 36.4 Å².